The first kappa shape index (κ1) is 17.1. The molecule has 0 aliphatic carbocycles. The van der Waals surface area contributed by atoms with Crippen molar-refractivity contribution in [3.8, 4) is 0 Å². The number of hydrogen-bond donors (Lipinski definition) is 1. The SMILES string of the molecule is CCN1C(=O)N/C(=C/c2cc(Br)c(Sc3ccc(Cl)cc3)o2)C1=O. The Hall–Kier alpha value is -1.70. The molecule has 3 rings (SSSR count). The van der Waals surface area contributed by atoms with Crippen molar-refractivity contribution >= 4 is 57.3 Å². The summed E-state index contributed by atoms with van der Waals surface area (Å²) in [6.45, 7) is 2.06. The highest BCUT2D eigenvalue weighted by Gasteiger charge is 2.32. The van der Waals surface area contributed by atoms with Gasteiger partial charge in [-0.2, -0.15) is 0 Å². The number of furan rings is 1. The Bertz CT molecular complexity index is 832. The van der Waals surface area contributed by atoms with Crippen molar-refractivity contribution in [2.75, 3.05) is 6.54 Å². The molecule has 3 amide bonds. The molecule has 0 saturated carbocycles. The van der Waals surface area contributed by atoms with E-state index in [1.165, 1.54) is 17.8 Å². The van der Waals surface area contributed by atoms with E-state index in [1.807, 2.05) is 12.1 Å². The van der Waals surface area contributed by atoms with Gasteiger partial charge in [-0.05, 0) is 53.2 Å². The van der Waals surface area contributed by atoms with Gasteiger partial charge in [-0.3, -0.25) is 9.69 Å². The van der Waals surface area contributed by atoms with E-state index < -0.39 is 6.03 Å². The zero-order valence-corrected chi connectivity index (χ0v) is 15.7. The molecule has 1 saturated heterocycles. The highest BCUT2D eigenvalue weighted by atomic mass is 79.9. The van der Waals surface area contributed by atoms with Crippen LogP contribution in [0.2, 0.25) is 5.02 Å². The molecule has 0 atom stereocenters. The topological polar surface area (TPSA) is 62.6 Å². The molecule has 1 aliphatic rings. The van der Waals surface area contributed by atoms with Crippen molar-refractivity contribution in [3.05, 3.63) is 51.3 Å². The number of rotatable bonds is 4. The Morgan fingerprint density at radius 1 is 1.33 bits per heavy atom. The van der Waals surface area contributed by atoms with E-state index in [0.717, 1.165) is 14.3 Å². The van der Waals surface area contributed by atoms with Crippen LogP contribution in [0.3, 0.4) is 0 Å². The Kier molecular flexibility index (Phi) is 5.03. The predicted octanol–water partition coefficient (Wildman–Crippen LogP) is 4.76. The van der Waals surface area contributed by atoms with Gasteiger partial charge in [0.2, 0.25) is 0 Å². The first-order valence-corrected chi connectivity index (χ1v) is 9.04. The monoisotopic (exact) mass is 426 g/mol. The lowest BCUT2D eigenvalue weighted by atomic mass is 10.3. The molecule has 0 bridgehead atoms. The molecule has 1 fully saturated rings. The largest absolute Gasteiger partial charge is 0.449 e. The Balaban J connectivity index is 1.82. The number of carbonyl (C=O) groups is 2. The minimum Gasteiger partial charge on any atom is -0.449 e. The van der Waals surface area contributed by atoms with Gasteiger partial charge in [0, 0.05) is 22.5 Å². The van der Waals surface area contributed by atoms with Gasteiger partial charge in [-0.1, -0.05) is 23.4 Å². The maximum absolute atomic E-state index is 12.1. The zero-order chi connectivity index (χ0) is 17.3. The molecule has 0 spiro atoms. The molecule has 0 unspecified atom stereocenters. The number of imide groups is 1. The lowest BCUT2D eigenvalue weighted by Gasteiger charge is -2.05. The summed E-state index contributed by atoms with van der Waals surface area (Å²) >= 11 is 10.7. The van der Waals surface area contributed by atoms with Crippen molar-refractivity contribution in [1.82, 2.24) is 10.2 Å². The van der Waals surface area contributed by atoms with Crippen molar-refractivity contribution < 1.29 is 14.0 Å². The van der Waals surface area contributed by atoms with Crippen LogP contribution in [-0.2, 0) is 4.79 Å². The number of likely N-dealkylation sites (N-methyl/N-ethyl adjacent to an activating group) is 1. The second kappa shape index (κ2) is 7.04. The fourth-order valence-corrected chi connectivity index (χ4v) is 3.58. The summed E-state index contributed by atoms with van der Waals surface area (Å²) in [4.78, 5) is 25.8. The minimum atomic E-state index is -0.421. The molecule has 1 N–H and O–H groups in total. The average Bonchev–Trinajstić information content (AvgIpc) is 3.01. The molecule has 1 aliphatic heterocycles. The molecule has 1 aromatic carbocycles. The van der Waals surface area contributed by atoms with Crippen LogP contribution >= 0.6 is 39.3 Å². The third-order valence-corrected chi connectivity index (χ3v) is 5.36. The van der Waals surface area contributed by atoms with Crippen LogP contribution in [0.4, 0.5) is 4.79 Å². The Labute approximate surface area is 156 Å². The van der Waals surface area contributed by atoms with E-state index in [0.29, 0.717) is 22.4 Å². The number of nitrogens with zero attached hydrogens (tertiary/aromatic N) is 1. The van der Waals surface area contributed by atoms with E-state index in [-0.39, 0.29) is 11.6 Å². The molecular weight excluding hydrogens is 416 g/mol. The first-order chi connectivity index (χ1) is 11.5. The molecule has 124 valence electrons. The number of hydrogen-bond acceptors (Lipinski definition) is 4. The van der Waals surface area contributed by atoms with E-state index in [2.05, 4.69) is 21.2 Å². The van der Waals surface area contributed by atoms with Gasteiger partial charge in [0.15, 0.2) is 5.09 Å². The standard InChI is InChI=1S/C16H12BrClN2O3S/c1-2-20-14(21)13(19-16(20)22)8-10-7-12(17)15(23-10)24-11-5-3-9(18)4-6-11/h3-8H,2H2,1H3,(H,19,22)/b13-8+. The highest BCUT2D eigenvalue weighted by molar-refractivity contribution is 9.10. The molecule has 2 aromatic rings. The number of halogens is 2. The van der Waals surface area contributed by atoms with Crippen molar-refractivity contribution in [2.45, 2.75) is 16.9 Å². The molecule has 0 radical (unpaired) electrons. The lowest BCUT2D eigenvalue weighted by Crippen LogP contribution is -2.30. The maximum atomic E-state index is 12.1. The minimum absolute atomic E-state index is 0.200. The van der Waals surface area contributed by atoms with Crippen LogP contribution in [0.5, 0.6) is 0 Å². The van der Waals surface area contributed by atoms with Crippen molar-refractivity contribution in [1.29, 1.82) is 0 Å². The third kappa shape index (κ3) is 3.53. The molecule has 8 heteroatoms. The Morgan fingerprint density at radius 2 is 2.04 bits per heavy atom. The quantitative estimate of drug-likeness (QED) is 0.564. The average molecular weight is 428 g/mol. The van der Waals surface area contributed by atoms with Gasteiger partial charge in [0.25, 0.3) is 5.91 Å². The summed E-state index contributed by atoms with van der Waals surface area (Å²) in [6.07, 6.45) is 1.52. The summed E-state index contributed by atoms with van der Waals surface area (Å²) in [6, 6.07) is 8.71. The van der Waals surface area contributed by atoms with Gasteiger partial charge in [0.05, 0.1) is 4.47 Å². The second-order valence-corrected chi connectivity index (χ2v) is 7.21. The molecule has 24 heavy (non-hydrogen) atoms. The van der Waals surface area contributed by atoms with Crippen molar-refractivity contribution in [3.63, 3.8) is 0 Å². The van der Waals surface area contributed by atoms with Gasteiger partial charge in [0.1, 0.15) is 11.5 Å². The van der Waals surface area contributed by atoms with Crippen LogP contribution in [0.25, 0.3) is 6.08 Å². The van der Waals surface area contributed by atoms with Gasteiger partial charge in [-0.25, -0.2) is 4.79 Å². The number of urea groups is 1. The number of benzene rings is 1. The molecule has 5 nitrogen and oxygen atoms in total. The normalized spacial score (nSPS) is 16.1. The lowest BCUT2D eigenvalue weighted by molar-refractivity contribution is -0.122. The van der Waals surface area contributed by atoms with E-state index >= 15 is 0 Å². The van der Waals surface area contributed by atoms with Crippen molar-refractivity contribution in [2.24, 2.45) is 0 Å². The molecular formula is C16H12BrClN2O3S. The number of carbonyl (C=O) groups excluding carboxylic acids is 2. The predicted molar refractivity (Wildman–Crippen MR) is 95.9 cm³/mol. The fraction of sp³-hybridized carbons (Fsp3) is 0.125. The Morgan fingerprint density at radius 3 is 2.67 bits per heavy atom. The smallest absolute Gasteiger partial charge is 0.328 e. The van der Waals surface area contributed by atoms with Crippen LogP contribution in [0.1, 0.15) is 12.7 Å². The highest BCUT2D eigenvalue weighted by Crippen LogP contribution is 2.37. The second-order valence-electron chi connectivity index (χ2n) is 4.88. The van der Waals surface area contributed by atoms with Crippen LogP contribution < -0.4 is 5.32 Å². The van der Waals surface area contributed by atoms with E-state index in [1.54, 1.807) is 25.1 Å². The van der Waals surface area contributed by atoms with Crippen LogP contribution in [-0.4, -0.2) is 23.4 Å². The maximum Gasteiger partial charge on any atom is 0.328 e. The van der Waals surface area contributed by atoms with E-state index in [4.69, 9.17) is 16.0 Å². The summed E-state index contributed by atoms with van der Waals surface area (Å²) < 4.78 is 6.51. The number of nitrogens with one attached hydrogen (secondary N) is 1. The summed E-state index contributed by atoms with van der Waals surface area (Å²) in [5.74, 6) is 0.113. The zero-order valence-electron chi connectivity index (χ0n) is 12.5. The van der Waals surface area contributed by atoms with Gasteiger partial charge < -0.3 is 9.73 Å². The summed E-state index contributed by atoms with van der Waals surface area (Å²) in [7, 11) is 0. The van der Waals surface area contributed by atoms with Crippen LogP contribution in [0.15, 0.2) is 54.9 Å². The first-order valence-electron chi connectivity index (χ1n) is 7.05. The molecule has 2 heterocycles. The third-order valence-electron chi connectivity index (χ3n) is 3.26. The summed E-state index contributed by atoms with van der Waals surface area (Å²) in [5.41, 5.74) is 0.200. The van der Waals surface area contributed by atoms with E-state index in [9.17, 15) is 9.59 Å². The molecule has 1 aromatic heterocycles. The van der Waals surface area contributed by atoms with Gasteiger partial charge in [-0.15, -0.1) is 0 Å². The summed E-state index contributed by atoms with van der Waals surface area (Å²) in [5, 5.41) is 3.85. The van der Waals surface area contributed by atoms with Crippen LogP contribution in [0, 0.1) is 0 Å². The number of amides is 3. The fourth-order valence-electron chi connectivity index (χ4n) is 2.12. The van der Waals surface area contributed by atoms with Gasteiger partial charge >= 0.3 is 6.03 Å².